The minimum Gasteiger partial charge on any atom is -0.504 e. The Morgan fingerprint density at radius 2 is 2.00 bits per heavy atom. The van der Waals surface area contributed by atoms with E-state index in [0.717, 1.165) is 25.9 Å². The summed E-state index contributed by atoms with van der Waals surface area (Å²) in [4.78, 5) is 11.8. The minimum absolute atomic E-state index is 0.00443. The normalized spacial score (nSPS) is 17.0. The third-order valence-electron chi connectivity index (χ3n) is 2.75. The van der Waals surface area contributed by atoms with Crippen molar-refractivity contribution in [1.29, 1.82) is 0 Å². The standard InChI is InChI=1S/C12H15NO3/c14-10-3-1-2-4-11(10)16-12(15)9-5-7-13-8-6-9/h1-4,9,13-14H,5-8H2. The highest BCUT2D eigenvalue weighted by Crippen LogP contribution is 2.26. The van der Waals surface area contributed by atoms with Crippen LogP contribution in [0.3, 0.4) is 0 Å². The molecule has 1 aliphatic rings. The lowest BCUT2D eigenvalue weighted by atomic mass is 9.98. The second kappa shape index (κ2) is 4.99. The van der Waals surface area contributed by atoms with Gasteiger partial charge in [-0.2, -0.15) is 0 Å². The molecular weight excluding hydrogens is 206 g/mol. The molecule has 0 bridgehead atoms. The van der Waals surface area contributed by atoms with Crippen molar-refractivity contribution in [1.82, 2.24) is 5.32 Å². The number of carbonyl (C=O) groups excluding carboxylic acids is 1. The molecule has 0 radical (unpaired) electrons. The molecule has 16 heavy (non-hydrogen) atoms. The zero-order valence-corrected chi connectivity index (χ0v) is 8.98. The summed E-state index contributed by atoms with van der Waals surface area (Å²) >= 11 is 0. The van der Waals surface area contributed by atoms with E-state index >= 15 is 0 Å². The molecule has 4 nitrogen and oxygen atoms in total. The van der Waals surface area contributed by atoms with Crippen LogP contribution in [0.2, 0.25) is 0 Å². The first-order valence-electron chi connectivity index (χ1n) is 5.48. The Hall–Kier alpha value is -1.55. The summed E-state index contributed by atoms with van der Waals surface area (Å²) in [5, 5.41) is 12.7. The lowest BCUT2D eigenvalue weighted by Crippen LogP contribution is -2.33. The number of esters is 1. The van der Waals surface area contributed by atoms with Crippen molar-refractivity contribution in [3.05, 3.63) is 24.3 Å². The number of nitrogens with one attached hydrogen (secondary N) is 1. The van der Waals surface area contributed by atoms with E-state index in [1.54, 1.807) is 18.2 Å². The molecule has 0 unspecified atom stereocenters. The quantitative estimate of drug-likeness (QED) is 0.583. The van der Waals surface area contributed by atoms with Gasteiger partial charge in [0, 0.05) is 0 Å². The summed E-state index contributed by atoms with van der Waals surface area (Å²) < 4.78 is 5.17. The molecule has 0 aromatic heterocycles. The van der Waals surface area contributed by atoms with E-state index in [2.05, 4.69) is 5.32 Å². The average molecular weight is 221 g/mol. The number of hydrogen-bond acceptors (Lipinski definition) is 4. The van der Waals surface area contributed by atoms with Crippen molar-refractivity contribution in [2.24, 2.45) is 5.92 Å². The van der Waals surface area contributed by atoms with Crippen LogP contribution < -0.4 is 10.1 Å². The van der Waals surface area contributed by atoms with E-state index < -0.39 is 0 Å². The Kier molecular flexibility index (Phi) is 3.41. The monoisotopic (exact) mass is 221 g/mol. The lowest BCUT2D eigenvalue weighted by Gasteiger charge is -2.20. The van der Waals surface area contributed by atoms with E-state index in [1.165, 1.54) is 6.07 Å². The van der Waals surface area contributed by atoms with Gasteiger partial charge in [0.15, 0.2) is 11.5 Å². The molecule has 1 aliphatic heterocycles. The van der Waals surface area contributed by atoms with Gasteiger partial charge in [-0.25, -0.2) is 0 Å². The summed E-state index contributed by atoms with van der Waals surface area (Å²) in [6.45, 7) is 1.70. The smallest absolute Gasteiger partial charge is 0.314 e. The number of benzene rings is 1. The van der Waals surface area contributed by atoms with Crippen molar-refractivity contribution in [3.63, 3.8) is 0 Å². The molecule has 2 N–H and O–H groups in total. The molecule has 4 heteroatoms. The summed E-state index contributed by atoms with van der Waals surface area (Å²) in [5.74, 6) is -0.0559. The maximum Gasteiger partial charge on any atom is 0.314 e. The number of ether oxygens (including phenoxy) is 1. The first kappa shape index (κ1) is 11.0. The molecule has 1 aromatic carbocycles. The number of para-hydroxylation sites is 2. The van der Waals surface area contributed by atoms with Crippen LogP contribution in [0, 0.1) is 5.92 Å². The molecule has 2 rings (SSSR count). The highest BCUT2D eigenvalue weighted by molar-refractivity contribution is 5.75. The van der Waals surface area contributed by atoms with Gasteiger partial charge < -0.3 is 15.2 Å². The third kappa shape index (κ3) is 2.52. The number of phenolic OH excluding ortho intramolecular Hbond substituents is 1. The third-order valence-corrected chi connectivity index (χ3v) is 2.75. The Balaban J connectivity index is 1.99. The Morgan fingerprint density at radius 3 is 2.69 bits per heavy atom. The highest BCUT2D eigenvalue weighted by Gasteiger charge is 2.23. The lowest BCUT2D eigenvalue weighted by molar-refractivity contribution is -0.139. The van der Waals surface area contributed by atoms with Gasteiger partial charge in [0.1, 0.15) is 0 Å². The predicted molar refractivity (Wildman–Crippen MR) is 59.3 cm³/mol. The fourth-order valence-corrected chi connectivity index (χ4v) is 1.79. The molecule has 0 amide bonds. The average Bonchev–Trinajstić information content (AvgIpc) is 2.33. The van der Waals surface area contributed by atoms with Crippen LogP contribution >= 0.6 is 0 Å². The molecule has 0 spiro atoms. The van der Waals surface area contributed by atoms with Crippen molar-refractivity contribution in [2.75, 3.05) is 13.1 Å². The van der Waals surface area contributed by atoms with Crippen molar-refractivity contribution < 1.29 is 14.6 Å². The minimum atomic E-state index is -0.247. The topological polar surface area (TPSA) is 58.6 Å². The second-order valence-corrected chi connectivity index (χ2v) is 3.91. The van der Waals surface area contributed by atoms with Crippen LogP contribution in [-0.4, -0.2) is 24.2 Å². The number of rotatable bonds is 2. The molecule has 1 heterocycles. The van der Waals surface area contributed by atoms with Crippen LogP contribution in [0.1, 0.15) is 12.8 Å². The van der Waals surface area contributed by atoms with Gasteiger partial charge in [0.25, 0.3) is 0 Å². The van der Waals surface area contributed by atoms with Crippen molar-refractivity contribution in [3.8, 4) is 11.5 Å². The van der Waals surface area contributed by atoms with Gasteiger partial charge >= 0.3 is 5.97 Å². The van der Waals surface area contributed by atoms with Crippen molar-refractivity contribution >= 4 is 5.97 Å². The van der Waals surface area contributed by atoms with Crippen LogP contribution in [0.15, 0.2) is 24.3 Å². The van der Waals surface area contributed by atoms with Gasteiger partial charge in [-0.3, -0.25) is 4.79 Å². The fraction of sp³-hybridized carbons (Fsp3) is 0.417. The Bertz CT molecular complexity index is 372. The summed E-state index contributed by atoms with van der Waals surface area (Å²) in [6, 6.07) is 6.52. The van der Waals surface area contributed by atoms with Crippen LogP contribution in [0.4, 0.5) is 0 Å². The summed E-state index contributed by atoms with van der Waals surface area (Å²) in [5.41, 5.74) is 0. The van der Waals surface area contributed by atoms with E-state index in [9.17, 15) is 9.90 Å². The summed E-state index contributed by atoms with van der Waals surface area (Å²) in [7, 11) is 0. The van der Waals surface area contributed by atoms with Crippen LogP contribution in [0.25, 0.3) is 0 Å². The maximum absolute atomic E-state index is 11.8. The number of carbonyl (C=O) groups is 1. The van der Waals surface area contributed by atoms with E-state index in [1.807, 2.05) is 0 Å². The fourth-order valence-electron chi connectivity index (χ4n) is 1.79. The maximum atomic E-state index is 11.8. The zero-order valence-electron chi connectivity index (χ0n) is 8.98. The Labute approximate surface area is 94.2 Å². The molecule has 0 atom stereocenters. The van der Waals surface area contributed by atoms with Crippen LogP contribution in [-0.2, 0) is 4.79 Å². The van der Waals surface area contributed by atoms with Gasteiger partial charge in [-0.15, -0.1) is 0 Å². The largest absolute Gasteiger partial charge is 0.504 e. The Morgan fingerprint density at radius 1 is 1.31 bits per heavy atom. The molecule has 0 aliphatic carbocycles. The van der Waals surface area contributed by atoms with Gasteiger partial charge in [0.2, 0.25) is 0 Å². The second-order valence-electron chi connectivity index (χ2n) is 3.91. The van der Waals surface area contributed by atoms with Gasteiger partial charge in [-0.05, 0) is 38.1 Å². The van der Waals surface area contributed by atoms with E-state index in [0.29, 0.717) is 0 Å². The number of piperidine rings is 1. The SMILES string of the molecule is O=C(Oc1ccccc1O)C1CCNCC1. The first-order valence-corrected chi connectivity index (χ1v) is 5.48. The van der Waals surface area contributed by atoms with Crippen molar-refractivity contribution in [2.45, 2.75) is 12.8 Å². The zero-order chi connectivity index (χ0) is 11.4. The van der Waals surface area contributed by atoms with Crippen LogP contribution in [0.5, 0.6) is 11.5 Å². The molecular formula is C12H15NO3. The molecule has 86 valence electrons. The van der Waals surface area contributed by atoms with Gasteiger partial charge in [-0.1, -0.05) is 12.1 Å². The molecule has 1 fully saturated rings. The number of phenols is 1. The van der Waals surface area contributed by atoms with E-state index in [4.69, 9.17) is 4.74 Å². The molecule has 1 aromatic rings. The number of aromatic hydroxyl groups is 1. The van der Waals surface area contributed by atoms with Gasteiger partial charge in [0.05, 0.1) is 5.92 Å². The molecule has 0 saturated carbocycles. The number of hydrogen-bond donors (Lipinski definition) is 2. The highest BCUT2D eigenvalue weighted by atomic mass is 16.5. The first-order chi connectivity index (χ1) is 7.77. The van der Waals surface area contributed by atoms with E-state index in [-0.39, 0.29) is 23.4 Å². The molecule has 1 saturated heterocycles. The predicted octanol–water partition coefficient (Wildman–Crippen LogP) is 1.30. The summed E-state index contributed by atoms with van der Waals surface area (Å²) in [6.07, 6.45) is 1.60.